The van der Waals surface area contributed by atoms with Gasteiger partial charge in [-0.2, -0.15) is 0 Å². The Morgan fingerprint density at radius 2 is 1.77 bits per heavy atom. The van der Waals surface area contributed by atoms with Crippen LogP contribution in [0.3, 0.4) is 0 Å². The molecule has 1 aromatic rings. The van der Waals surface area contributed by atoms with Crippen molar-refractivity contribution in [1.29, 1.82) is 0 Å². The highest BCUT2D eigenvalue weighted by atomic mass is 16.5. The monoisotopic (exact) mass is 359 g/mol. The number of hydrogen-bond donors (Lipinski definition) is 2. The van der Waals surface area contributed by atoms with Gasteiger partial charge in [0.2, 0.25) is 0 Å². The maximum Gasteiger partial charge on any atom is 0.191 e. The van der Waals surface area contributed by atoms with E-state index in [4.69, 9.17) is 14.5 Å². The molecular formula is C21H33N3O2. The molecule has 0 atom stereocenters. The van der Waals surface area contributed by atoms with E-state index in [9.17, 15) is 0 Å². The molecule has 2 N–H and O–H groups in total. The third-order valence-corrected chi connectivity index (χ3v) is 5.14. The van der Waals surface area contributed by atoms with Gasteiger partial charge in [-0.05, 0) is 43.7 Å². The molecular weight excluding hydrogens is 326 g/mol. The predicted molar refractivity (Wildman–Crippen MR) is 105 cm³/mol. The van der Waals surface area contributed by atoms with Crippen molar-refractivity contribution in [2.45, 2.75) is 70.7 Å². The van der Waals surface area contributed by atoms with Gasteiger partial charge in [0, 0.05) is 25.8 Å². The normalized spacial score (nSPS) is 19.7. The summed E-state index contributed by atoms with van der Waals surface area (Å²) in [7, 11) is 0. The van der Waals surface area contributed by atoms with Gasteiger partial charge in [0.05, 0.1) is 19.3 Å². The number of benzene rings is 1. The van der Waals surface area contributed by atoms with Crippen molar-refractivity contribution in [2.75, 3.05) is 19.8 Å². The van der Waals surface area contributed by atoms with E-state index >= 15 is 0 Å². The zero-order valence-corrected chi connectivity index (χ0v) is 16.0. The SMILES string of the molecule is CCNC(=NCc1ccc(COC2CCOCC2)cc1)NC1CCCC1. The van der Waals surface area contributed by atoms with Crippen LogP contribution in [-0.4, -0.2) is 37.9 Å². The summed E-state index contributed by atoms with van der Waals surface area (Å²) in [5, 5.41) is 6.92. The first-order valence-corrected chi connectivity index (χ1v) is 10.2. The Morgan fingerprint density at radius 1 is 1.08 bits per heavy atom. The molecule has 144 valence electrons. The maximum atomic E-state index is 5.99. The van der Waals surface area contributed by atoms with Gasteiger partial charge in [-0.3, -0.25) is 0 Å². The van der Waals surface area contributed by atoms with Gasteiger partial charge in [0.15, 0.2) is 5.96 Å². The second-order valence-electron chi connectivity index (χ2n) is 7.26. The number of ether oxygens (including phenoxy) is 2. The van der Waals surface area contributed by atoms with E-state index in [0.717, 1.165) is 38.6 Å². The van der Waals surface area contributed by atoms with Crippen LogP contribution in [0.1, 0.15) is 56.6 Å². The lowest BCUT2D eigenvalue weighted by atomic mass is 10.1. The Labute approximate surface area is 157 Å². The Kier molecular flexibility index (Phi) is 7.77. The highest BCUT2D eigenvalue weighted by molar-refractivity contribution is 5.80. The van der Waals surface area contributed by atoms with Crippen LogP contribution in [0.2, 0.25) is 0 Å². The average molecular weight is 360 g/mol. The molecule has 0 bridgehead atoms. The summed E-state index contributed by atoms with van der Waals surface area (Å²) in [6, 6.07) is 9.21. The summed E-state index contributed by atoms with van der Waals surface area (Å²) in [6.45, 7) is 6.03. The molecule has 5 heteroatoms. The molecule has 0 aromatic heterocycles. The smallest absolute Gasteiger partial charge is 0.191 e. The van der Waals surface area contributed by atoms with Gasteiger partial charge in [-0.1, -0.05) is 37.1 Å². The van der Waals surface area contributed by atoms with Crippen molar-refractivity contribution in [1.82, 2.24) is 10.6 Å². The summed E-state index contributed by atoms with van der Waals surface area (Å²) in [5.41, 5.74) is 2.45. The first-order valence-electron chi connectivity index (χ1n) is 10.2. The Balaban J connectivity index is 1.47. The molecule has 26 heavy (non-hydrogen) atoms. The lowest BCUT2D eigenvalue weighted by Crippen LogP contribution is -2.42. The van der Waals surface area contributed by atoms with Gasteiger partial charge in [-0.25, -0.2) is 4.99 Å². The molecule has 1 aliphatic heterocycles. The van der Waals surface area contributed by atoms with Crippen molar-refractivity contribution in [3.8, 4) is 0 Å². The second-order valence-corrected chi connectivity index (χ2v) is 7.26. The van der Waals surface area contributed by atoms with Gasteiger partial charge >= 0.3 is 0 Å². The van der Waals surface area contributed by atoms with Crippen molar-refractivity contribution >= 4 is 5.96 Å². The van der Waals surface area contributed by atoms with Gasteiger partial charge < -0.3 is 20.1 Å². The maximum absolute atomic E-state index is 5.99. The molecule has 0 spiro atoms. The molecule has 1 aromatic carbocycles. The number of nitrogens with one attached hydrogen (secondary N) is 2. The molecule has 2 fully saturated rings. The molecule has 2 aliphatic rings. The minimum absolute atomic E-state index is 0.345. The van der Waals surface area contributed by atoms with E-state index in [1.807, 2.05) is 0 Å². The van der Waals surface area contributed by atoms with E-state index in [0.29, 0.717) is 25.3 Å². The van der Waals surface area contributed by atoms with E-state index < -0.39 is 0 Å². The van der Waals surface area contributed by atoms with Crippen LogP contribution in [0.4, 0.5) is 0 Å². The fraction of sp³-hybridized carbons (Fsp3) is 0.667. The fourth-order valence-corrected chi connectivity index (χ4v) is 3.55. The molecule has 0 amide bonds. The summed E-state index contributed by atoms with van der Waals surface area (Å²) in [4.78, 5) is 4.75. The second kappa shape index (κ2) is 10.5. The van der Waals surface area contributed by atoms with Gasteiger partial charge in [-0.15, -0.1) is 0 Å². The lowest BCUT2D eigenvalue weighted by molar-refractivity contribution is -0.0390. The minimum atomic E-state index is 0.345. The third kappa shape index (κ3) is 6.29. The van der Waals surface area contributed by atoms with Crippen LogP contribution in [0.15, 0.2) is 29.3 Å². The van der Waals surface area contributed by atoms with E-state index in [1.54, 1.807) is 0 Å². The van der Waals surface area contributed by atoms with Crippen molar-refractivity contribution in [3.05, 3.63) is 35.4 Å². The Hall–Kier alpha value is -1.59. The summed E-state index contributed by atoms with van der Waals surface area (Å²) < 4.78 is 11.4. The third-order valence-electron chi connectivity index (χ3n) is 5.14. The Morgan fingerprint density at radius 3 is 2.46 bits per heavy atom. The van der Waals surface area contributed by atoms with Gasteiger partial charge in [0.1, 0.15) is 0 Å². The zero-order valence-electron chi connectivity index (χ0n) is 16.0. The topological polar surface area (TPSA) is 54.9 Å². The number of hydrogen-bond acceptors (Lipinski definition) is 3. The number of aliphatic imine (C=N–C) groups is 1. The molecule has 1 saturated heterocycles. The molecule has 5 nitrogen and oxygen atoms in total. The van der Waals surface area contributed by atoms with Crippen molar-refractivity contribution in [2.24, 2.45) is 4.99 Å². The molecule has 0 unspecified atom stereocenters. The molecule has 3 rings (SSSR count). The molecule has 0 radical (unpaired) electrons. The molecule has 1 aliphatic carbocycles. The van der Waals surface area contributed by atoms with E-state index in [2.05, 4.69) is 41.8 Å². The predicted octanol–water partition coefficient (Wildman–Crippen LogP) is 3.38. The van der Waals surface area contributed by atoms with Crippen LogP contribution in [-0.2, 0) is 22.6 Å². The first kappa shape index (κ1) is 19.2. The molecule has 1 heterocycles. The van der Waals surface area contributed by atoms with Crippen molar-refractivity contribution < 1.29 is 9.47 Å². The van der Waals surface area contributed by atoms with E-state index in [-0.39, 0.29) is 0 Å². The summed E-state index contributed by atoms with van der Waals surface area (Å²) >= 11 is 0. The average Bonchev–Trinajstić information content (AvgIpc) is 3.19. The highest BCUT2D eigenvalue weighted by Gasteiger charge is 2.16. The standard InChI is InChI=1S/C21H33N3O2/c1-2-22-21(24-19-5-3-4-6-19)23-15-17-7-9-18(10-8-17)16-26-20-11-13-25-14-12-20/h7-10,19-20H,2-6,11-16H2,1H3,(H2,22,23,24). The minimum Gasteiger partial charge on any atom is -0.381 e. The first-order chi connectivity index (χ1) is 12.8. The zero-order chi connectivity index (χ0) is 18.0. The number of rotatable bonds is 7. The van der Waals surface area contributed by atoms with Crippen LogP contribution in [0.5, 0.6) is 0 Å². The molecule has 1 saturated carbocycles. The van der Waals surface area contributed by atoms with Crippen molar-refractivity contribution in [3.63, 3.8) is 0 Å². The van der Waals surface area contributed by atoms with Crippen LogP contribution >= 0.6 is 0 Å². The van der Waals surface area contributed by atoms with E-state index in [1.165, 1.54) is 36.8 Å². The lowest BCUT2D eigenvalue weighted by Gasteiger charge is -2.22. The van der Waals surface area contributed by atoms with Gasteiger partial charge in [0.25, 0.3) is 0 Å². The largest absolute Gasteiger partial charge is 0.381 e. The number of nitrogens with zero attached hydrogens (tertiary/aromatic N) is 1. The highest BCUT2D eigenvalue weighted by Crippen LogP contribution is 2.17. The van der Waals surface area contributed by atoms with Crippen LogP contribution in [0.25, 0.3) is 0 Å². The fourth-order valence-electron chi connectivity index (χ4n) is 3.55. The van der Waals surface area contributed by atoms with Crippen LogP contribution < -0.4 is 10.6 Å². The van der Waals surface area contributed by atoms with Crippen LogP contribution in [0, 0.1) is 0 Å². The summed E-state index contributed by atoms with van der Waals surface area (Å²) in [5.74, 6) is 0.936. The quantitative estimate of drug-likeness (QED) is 0.579. The summed E-state index contributed by atoms with van der Waals surface area (Å²) in [6.07, 6.45) is 7.53. The number of guanidine groups is 1. The Bertz CT molecular complexity index is 547.